The van der Waals surface area contributed by atoms with E-state index in [1.165, 1.54) is 16.6 Å². The number of carbonyl (C=O) groups is 1. The Kier molecular flexibility index (Phi) is 5.47. The van der Waals surface area contributed by atoms with Gasteiger partial charge in [0, 0.05) is 16.7 Å². The molecular formula is C15H20N2O2S2. The molecule has 0 spiro atoms. The van der Waals surface area contributed by atoms with Crippen molar-refractivity contribution in [2.75, 3.05) is 5.75 Å². The fourth-order valence-corrected chi connectivity index (χ4v) is 3.68. The van der Waals surface area contributed by atoms with Gasteiger partial charge in [0.15, 0.2) is 0 Å². The van der Waals surface area contributed by atoms with Gasteiger partial charge in [-0.3, -0.25) is 4.79 Å². The Hall–Kier alpha value is -1.27. The predicted octanol–water partition coefficient (Wildman–Crippen LogP) is 3.87. The van der Waals surface area contributed by atoms with E-state index in [1.807, 2.05) is 17.5 Å². The Morgan fingerprint density at radius 1 is 1.48 bits per heavy atom. The van der Waals surface area contributed by atoms with Crippen molar-refractivity contribution in [1.82, 2.24) is 10.5 Å². The number of hydrogen-bond acceptors (Lipinski definition) is 5. The quantitative estimate of drug-likeness (QED) is 0.876. The second-order valence-corrected chi connectivity index (χ2v) is 7.83. The highest BCUT2D eigenvalue weighted by Gasteiger charge is 2.28. The van der Waals surface area contributed by atoms with Gasteiger partial charge in [0.1, 0.15) is 6.26 Å². The van der Waals surface area contributed by atoms with Crippen LogP contribution >= 0.6 is 23.1 Å². The van der Waals surface area contributed by atoms with E-state index in [2.05, 4.69) is 37.3 Å². The number of nitrogens with one attached hydrogen (secondary N) is 1. The third-order valence-corrected chi connectivity index (χ3v) is 4.88. The van der Waals surface area contributed by atoms with Crippen LogP contribution in [-0.2, 0) is 10.5 Å². The lowest BCUT2D eigenvalue weighted by Crippen LogP contribution is -2.37. The number of thiophene rings is 1. The zero-order valence-electron chi connectivity index (χ0n) is 12.5. The molecule has 114 valence electrons. The number of rotatable bonds is 6. The smallest absolute Gasteiger partial charge is 0.230 e. The van der Waals surface area contributed by atoms with Crippen LogP contribution in [0.3, 0.4) is 0 Å². The van der Waals surface area contributed by atoms with E-state index in [0.717, 1.165) is 5.69 Å². The minimum atomic E-state index is -0.0166. The molecule has 0 unspecified atom stereocenters. The third-order valence-electron chi connectivity index (χ3n) is 2.97. The first kappa shape index (κ1) is 16.1. The Labute approximate surface area is 133 Å². The molecule has 0 radical (unpaired) electrons. The van der Waals surface area contributed by atoms with Gasteiger partial charge in [-0.25, -0.2) is 0 Å². The lowest BCUT2D eigenvalue weighted by atomic mass is 9.86. The molecule has 2 heterocycles. The lowest BCUT2D eigenvalue weighted by Gasteiger charge is -2.30. The highest BCUT2D eigenvalue weighted by Crippen LogP contribution is 2.35. The highest BCUT2D eigenvalue weighted by molar-refractivity contribution is 7.99. The van der Waals surface area contributed by atoms with Crippen LogP contribution in [0, 0.1) is 5.41 Å². The molecule has 1 amide bonds. The number of carbonyl (C=O) groups excluding carboxylic acids is 1. The van der Waals surface area contributed by atoms with Gasteiger partial charge in [0.05, 0.1) is 17.5 Å². The monoisotopic (exact) mass is 324 g/mol. The molecular weight excluding hydrogens is 304 g/mol. The maximum atomic E-state index is 12.2. The van der Waals surface area contributed by atoms with E-state index in [-0.39, 0.29) is 17.4 Å². The molecule has 0 aliphatic carbocycles. The molecule has 2 aromatic rings. The zero-order chi connectivity index (χ0) is 15.3. The van der Waals surface area contributed by atoms with Crippen molar-refractivity contribution in [1.29, 1.82) is 0 Å². The average molecular weight is 324 g/mol. The second-order valence-electron chi connectivity index (χ2n) is 5.87. The fourth-order valence-electron chi connectivity index (χ4n) is 1.93. The largest absolute Gasteiger partial charge is 0.364 e. The second kappa shape index (κ2) is 7.13. The van der Waals surface area contributed by atoms with Gasteiger partial charge < -0.3 is 9.84 Å². The summed E-state index contributed by atoms with van der Waals surface area (Å²) < 4.78 is 4.77. The molecule has 0 saturated heterocycles. The van der Waals surface area contributed by atoms with Gasteiger partial charge in [-0.2, -0.15) is 0 Å². The van der Waals surface area contributed by atoms with Gasteiger partial charge in [-0.05, 0) is 16.9 Å². The number of amides is 1. The summed E-state index contributed by atoms with van der Waals surface area (Å²) in [6.07, 6.45) is 1.54. The predicted molar refractivity (Wildman–Crippen MR) is 87.3 cm³/mol. The van der Waals surface area contributed by atoms with E-state index in [0.29, 0.717) is 11.5 Å². The van der Waals surface area contributed by atoms with E-state index in [9.17, 15) is 4.79 Å². The topological polar surface area (TPSA) is 55.1 Å². The summed E-state index contributed by atoms with van der Waals surface area (Å²) in [6, 6.07) is 5.94. The van der Waals surface area contributed by atoms with Gasteiger partial charge in [0.2, 0.25) is 5.91 Å². The van der Waals surface area contributed by atoms with Crippen LogP contribution in [0.1, 0.15) is 37.4 Å². The van der Waals surface area contributed by atoms with E-state index in [1.54, 1.807) is 17.6 Å². The summed E-state index contributed by atoms with van der Waals surface area (Å²) in [5.41, 5.74) is 0.843. The van der Waals surface area contributed by atoms with Crippen LogP contribution in [0.25, 0.3) is 0 Å². The maximum Gasteiger partial charge on any atom is 0.230 e. The molecule has 4 nitrogen and oxygen atoms in total. The van der Waals surface area contributed by atoms with Gasteiger partial charge in [-0.1, -0.05) is 32.0 Å². The Bertz CT molecular complexity index is 545. The summed E-state index contributed by atoms with van der Waals surface area (Å²) in [7, 11) is 0. The summed E-state index contributed by atoms with van der Waals surface area (Å²) in [4.78, 5) is 13.3. The first-order valence-electron chi connectivity index (χ1n) is 6.76. The minimum absolute atomic E-state index is 0.0166. The molecule has 2 aromatic heterocycles. The Morgan fingerprint density at radius 2 is 2.29 bits per heavy atom. The fraction of sp³-hybridized carbons (Fsp3) is 0.467. The average Bonchev–Trinajstić information content (AvgIpc) is 3.07. The standard InChI is InChI=1S/C15H20N2O2S2/c1-15(2,3)14(12-5-4-8-21-12)16-13(18)10-20-9-11-6-7-19-17-11/h4-8,14H,9-10H2,1-3H3,(H,16,18)/t14-/m1/s1. The number of nitrogens with zero attached hydrogens (tertiary/aromatic N) is 1. The van der Waals surface area contributed by atoms with Gasteiger partial charge in [-0.15, -0.1) is 23.1 Å². The van der Waals surface area contributed by atoms with Gasteiger partial charge in [0.25, 0.3) is 0 Å². The van der Waals surface area contributed by atoms with Crippen molar-refractivity contribution in [3.05, 3.63) is 40.4 Å². The lowest BCUT2D eigenvalue weighted by molar-refractivity contribution is -0.120. The molecule has 0 bridgehead atoms. The van der Waals surface area contributed by atoms with Crippen LogP contribution in [-0.4, -0.2) is 16.8 Å². The summed E-state index contributed by atoms with van der Waals surface area (Å²) in [6.45, 7) is 6.42. The first-order valence-corrected chi connectivity index (χ1v) is 8.80. The van der Waals surface area contributed by atoms with Crippen LogP contribution in [0.4, 0.5) is 0 Å². The van der Waals surface area contributed by atoms with Crippen LogP contribution in [0.15, 0.2) is 34.4 Å². The Balaban J connectivity index is 1.87. The summed E-state index contributed by atoms with van der Waals surface area (Å²) in [5.74, 6) is 1.16. The summed E-state index contributed by atoms with van der Waals surface area (Å²) in [5, 5.41) is 9.02. The number of hydrogen-bond donors (Lipinski definition) is 1. The SMILES string of the molecule is CC(C)(C)[C@H](NC(=O)CSCc1ccon1)c1cccs1. The first-order chi connectivity index (χ1) is 9.97. The van der Waals surface area contributed by atoms with Crippen LogP contribution in [0.2, 0.25) is 0 Å². The molecule has 6 heteroatoms. The summed E-state index contributed by atoms with van der Waals surface area (Å²) >= 11 is 3.22. The molecule has 0 aliphatic rings. The van der Waals surface area contributed by atoms with Crippen molar-refractivity contribution in [2.24, 2.45) is 5.41 Å². The molecule has 0 fully saturated rings. The van der Waals surface area contributed by atoms with Crippen molar-refractivity contribution < 1.29 is 9.32 Å². The molecule has 1 N–H and O–H groups in total. The molecule has 0 saturated carbocycles. The zero-order valence-corrected chi connectivity index (χ0v) is 14.1. The van der Waals surface area contributed by atoms with Crippen LogP contribution < -0.4 is 5.32 Å². The van der Waals surface area contributed by atoms with Gasteiger partial charge >= 0.3 is 0 Å². The molecule has 1 atom stereocenters. The number of aromatic nitrogens is 1. The molecule has 21 heavy (non-hydrogen) atoms. The molecule has 0 aliphatic heterocycles. The molecule has 2 rings (SSSR count). The highest BCUT2D eigenvalue weighted by atomic mass is 32.2. The van der Waals surface area contributed by atoms with Crippen molar-refractivity contribution in [3.63, 3.8) is 0 Å². The Morgan fingerprint density at radius 3 is 2.86 bits per heavy atom. The van der Waals surface area contributed by atoms with E-state index in [4.69, 9.17) is 4.52 Å². The van der Waals surface area contributed by atoms with Crippen molar-refractivity contribution in [2.45, 2.75) is 32.6 Å². The van der Waals surface area contributed by atoms with Crippen molar-refractivity contribution >= 4 is 29.0 Å². The molecule has 0 aromatic carbocycles. The maximum absolute atomic E-state index is 12.2. The minimum Gasteiger partial charge on any atom is -0.364 e. The van der Waals surface area contributed by atoms with Crippen LogP contribution in [0.5, 0.6) is 0 Å². The van der Waals surface area contributed by atoms with Crippen molar-refractivity contribution in [3.8, 4) is 0 Å². The normalized spacial score (nSPS) is 13.1. The number of thioether (sulfide) groups is 1. The van der Waals surface area contributed by atoms with E-state index < -0.39 is 0 Å². The third kappa shape index (κ3) is 4.89. The van der Waals surface area contributed by atoms with E-state index >= 15 is 0 Å².